The molecule has 1 aliphatic heterocycles. The lowest BCUT2D eigenvalue weighted by Gasteiger charge is -2.15. The zero-order valence-corrected chi connectivity index (χ0v) is 23.8. The van der Waals surface area contributed by atoms with Crippen molar-refractivity contribution in [3.63, 3.8) is 0 Å². The van der Waals surface area contributed by atoms with Gasteiger partial charge in [-0.1, -0.05) is 65.3 Å². The predicted molar refractivity (Wildman–Crippen MR) is 158 cm³/mol. The summed E-state index contributed by atoms with van der Waals surface area (Å²) < 4.78 is 5.16. The number of thioether (sulfide) groups is 1. The molecule has 4 aromatic rings. The van der Waals surface area contributed by atoms with Crippen molar-refractivity contribution in [2.24, 2.45) is 0 Å². The number of hydrogen-bond acceptors (Lipinski definition) is 8. The van der Waals surface area contributed by atoms with Gasteiger partial charge in [0.2, 0.25) is 11.8 Å². The Bertz CT molecular complexity index is 1730. The Balaban J connectivity index is 1.26. The second kappa shape index (κ2) is 12.4. The molecule has 1 aliphatic rings. The summed E-state index contributed by atoms with van der Waals surface area (Å²) in [5.74, 6) is -1.90. The summed E-state index contributed by atoms with van der Waals surface area (Å²) in [5.41, 5.74) is 3.60. The normalized spacial score (nSPS) is 14.5. The second-order valence-corrected chi connectivity index (χ2v) is 11.1. The number of esters is 1. The number of carbonyl (C=O) groups excluding carboxylic acids is 4. The lowest BCUT2D eigenvalue weighted by molar-refractivity contribution is -0.121. The van der Waals surface area contributed by atoms with Crippen LogP contribution in [-0.4, -0.2) is 40.4 Å². The first-order chi connectivity index (χ1) is 20.2. The highest BCUT2D eigenvalue weighted by atomic mass is 35.5. The van der Waals surface area contributed by atoms with Gasteiger partial charge in [0, 0.05) is 22.6 Å². The molecule has 2 amide bonds. The highest BCUT2D eigenvalue weighted by molar-refractivity contribution is 8.00. The van der Waals surface area contributed by atoms with Gasteiger partial charge in [0.05, 0.1) is 27.8 Å². The first kappa shape index (κ1) is 28.7. The highest BCUT2D eigenvalue weighted by Gasteiger charge is 2.40. The molecule has 0 saturated carbocycles. The Kier molecular flexibility index (Phi) is 8.48. The third kappa shape index (κ3) is 6.25. The summed E-state index contributed by atoms with van der Waals surface area (Å²) in [6, 6.07) is 25.3. The summed E-state index contributed by atoms with van der Waals surface area (Å²) in [7, 11) is 0. The van der Waals surface area contributed by atoms with Crippen molar-refractivity contribution in [3.05, 3.63) is 112 Å². The Morgan fingerprint density at radius 1 is 0.976 bits per heavy atom. The Labute approximate surface area is 250 Å². The van der Waals surface area contributed by atoms with Crippen LogP contribution in [0.5, 0.6) is 0 Å². The van der Waals surface area contributed by atoms with Crippen LogP contribution in [0.25, 0.3) is 11.3 Å². The minimum absolute atomic E-state index is 0.0772. The van der Waals surface area contributed by atoms with Crippen LogP contribution >= 0.6 is 23.4 Å². The topological polar surface area (TPSA) is 117 Å². The average molecular weight is 596 g/mol. The number of Topliss-reactive ketones (excluding diaryl/α,β-unsaturated/α-hetero) is 1. The number of anilines is 1. The first-order valence-corrected chi connectivity index (χ1v) is 14.1. The highest BCUT2D eigenvalue weighted by Crippen LogP contribution is 2.36. The fourth-order valence-electron chi connectivity index (χ4n) is 4.28. The van der Waals surface area contributed by atoms with Gasteiger partial charge in [0.1, 0.15) is 11.1 Å². The number of pyridine rings is 1. The van der Waals surface area contributed by atoms with Crippen molar-refractivity contribution < 1.29 is 23.9 Å². The number of nitriles is 1. The molecule has 0 bridgehead atoms. The van der Waals surface area contributed by atoms with Crippen LogP contribution in [0.4, 0.5) is 5.69 Å². The van der Waals surface area contributed by atoms with Crippen LogP contribution in [0, 0.1) is 18.3 Å². The fourth-order valence-corrected chi connectivity index (χ4v) is 5.50. The van der Waals surface area contributed by atoms with Crippen molar-refractivity contribution in [2.45, 2.75) is 23.6 Å². The summed E-state index contributed by atoms with van der Waals surface area (Å²) >= 11 is 7.05. The number of aryl methyl sites for hydroxylation is 1. The standard InChI is InChI=1S/C32H22ClN3O5S/c1-19-2-4-21(5-3-19)27(37)18-41-32(40)22-8-13-25(14-9-22)36-29(38)16-28(31(36)39)42-30-23(17-34)10-15-26(35-30)20-6-11-24(33)12-7-20/h2-15,28H,16,18H2,1H3. The van der Waals surface area contributed by atoms with E-state index in [9.17, 15) is 24.4 Å². The van der Waals surface area contributed by atoms with Crippen LogP contribution < -0.4 is 4.90 Å². The Morgan fingerprint density at radius 2 is 1.64 bits per heavy atom. The third-order valence-electron chi connectivity index (χ3n) is 6.55. The van der Waals surface area contributed by atoms with E-state index in [4.69, 9.17) is 16.3 Å². The molecular weight excluding hydrogens is 574 g/mol. The monoisotopic (exact) mass is 595 g/mol. The van der Waals surface area contributed by atoms with Gasteiger partial charge < -0.3 is 4.74 Å². The maximum absolute atomic E-state index is 13.3. The zero-order valence-electron chi connectivity index (χ0n) is 22.2. The minimum Gasteiger partial charge on any atom is -0.454 e. The van der Waals surface area contributed by atoms with Crippen LogP contribution in [-0.2, 0) is 14.3 Å². The summed E-state index contributed by atoms with van der Waals surface area (Å²) in [6.45, 7) is 1.49. The smallest absolute Gasteiger partial charge is 0.338 e. The molecular formula is C32H22ClN3O5S. The number of nitrogens with zero attached hydrogens (tertiary/aromatic N) is 3. The Morgan fingerprint density at radius 3 is 2.31 bits per heavy atom. The van der Waals surface area contributed by atoms with Crippen LogP contribution in [0.1, 0.15) is 38.3 Å². The number of rotatable bonds is 8. The van der Waals surface area contributed by atoms with Gasteiger partial charge in [0.25, 0.3) is 0 Å². The van der Waals surface area contributed by atoms with Crippen LogP contribution in [0.3, 0.4) is 0 Å². The number of amides is 2. The predicted octanol–water partition coefficient (Wildman–Crippen LogP) is 6.05. The SMILES string of the molecule is Cc1ccc(C(=O)COC(=O)c2ccc(N3C(=O)CC(Sc4nc(-c5ccc(Cl)cc5)ccc4C#N)C3=O)cc2)cc1. The molecule has 8 nitrogen and oxygen atoms in total. The molecule has 10 heteroatoms. The number of carbonyl (C=O) groups is 4. The van der Waals surface area contributed by atoms with Gasteiger partial charge in [-0.05, 0) is 55.5 Å². The maximum Gasteiger partial charge on any atom is 0.338 e. The molecule has 1 aromatic heterocycles. The van der Waals surface area contributed by atoms with Crippen LogP contribution in [0.15, 0.2) is 90.0 Å². The fraction of sp³-hybridized carbons (Fsp3) is 0.125. The number of hydrogen-bond donors (Lipinski definition) is 0. The maximum atomic E-state index is 13.3. The molecule has 1 saturated heterocycles. The van der Waals surface area contributed by atoms with Gasteiger partial charge >= 0.3 is 5.97 Å². The number of halogens is 1. The second-order valence-electron chi connectivity index (χ2n) is 9.46. The molecule has 42 heavy (non-hydrogen) atoms. The molecule has 208 valence electrons. The van der Waals surface area contributed by atoms with Gasteiger partial charge in [-0.15, -0.1) is 0 Å². The molecule has 0 aliphatic carbocycles. The first-order valence-electron chi connectivity index (χ1n) is 12.8. The van der Waals surface area contributed by atoms with Crippen molar-refractivity contribution in [2.75, 3.05) is 11.5 Å². The van der Waals surface area contributed by atoms with E-state index >= 15 is 0 Å². The van der Waals surface area contributed by atoms with Crippen molar-refractivity contribution in [1.82, 2.24) is 4.98 Å². The van der Waals surface area contributed by atoms with Crippen molar-refractivity contribution in [1.29, 1.82) is 5.26 Å². The molecule has 0 spiro atoms. The number of ketones is 1. The summed E-state index contributed by atoms with van der Waals surface area (Å²) in [5, 5.41) is 9.75. The molecule has 3 aromatic carbocycles. The lowest BCUT2D eigenvalue weighted by atomic mass is 10.1. The molecule has 2 heterocycles. The third-order valence-corrected chi connectivity index (χ3v) is 7.99. The summed E-state index contributed by atoms with van der Waals surface area (Å²) in [6.07, 6.45) is -0.0772. The minimum atomic E-state index is -0.782. The number of aromatic nitrogens is 1. The van der Waals surface area contributed by atoms with E-state index < -0.39 is 29.6 Å². The number of ether oxygens (including phenoxy) is 1. The largest absolute Gasteiger partial charge is 0.454 e. The van der Waals surface area contributed by atoms with Crippen LogP contribution in [0.2, 0.25) is 5.02 Å². The lowest BCUT2D eigenvalue weighted by Crippen LogP contribution is -2.31. The van der Waals surface area contributed by atoms with E-state index in [0.29, 0.717) is 32.6 Å². The van der Waals surface area contributed by atoms with Gasteiger partial charge in [-0.25, -0.2) is 14.7 Å². The molecule has 0 N–H and O–H groups in total. The van der Waals surface area contributed by atoms with Gasteiger partial charge in [0.15, 0.2) is 12.4 Å². The van der Waals surface area contributed by atoms with E-state index in [0.717, 1.165) is 27.8 Å². The molecule has 1 atom stereocenters. The van der Waals surface area contributed by atoms with E-state index in [1.54, 1.807) is 60.7 Å². The van der Waals surface area contributed by atoms with E-state index in [2.05, 4.69) is 11.1 Å². The average Bonchev–Trinajstić information content (AvgIpc) is 3.28. The number of benzene rings is 3. The van der Waals surface area contributed by atoms with E-state index in [1.165, 1.54) is 24.3 Å². The quantitative estimate of drug-likeness (QED) is 0.137. The molecule has 1 fully saturated rings. The summed E-state index contributed by atoms with van der Waals surface area (Å²) in [4.78, 5) is 56.6. The molecule has 1 unspecified atom stereocenters. The molecule has 0 radical (unpaired) electrons. The van der Waals surface area contributed by atoms with Crippen molar-refractivity contribution >= 4 is 52.6 Å². The number of imide groups is 1. The molecule has 5 rings (SSSR count). The van der Waals surface area contributed by atoms with Crippen molar-refractivity contribution in [3.8, 4) is 17.3 Å². The van der Waals surface area contributed by atoms with Gasteiger partial charge in [-0.3, -0.25) is 14.4 Å². The zero-order chi connectivity index (χ0) is 29.8. The van der Waals surface area contributed by atoms with E-state index in [1.807, 2.05) is 6.92 Å². The van der Waals surface area contributed by atoms with Gasteiger partial charge in [-0.2, -0.15) is 5.26 Å². The Hall–Kier alpha value is -4.78. The van der Waals surface area contributed by atoms with E-state index in [-0.39, 0.29) is 17.8 Å².